The molecule has 3 rings (SSSR count). The third kappa shape index (κ3) is 4.23. The predicted molar refractivity (Wildman–Crippen MR) is 95.9 cm³/mol. The van der Waals surface area contributed by atoms with E-state index in [1.807, 2.05) is 30.3 Å². The highest BCUT2D eigenvalue weighted by Gasteiger charge is 2.13. The van der Waals surface area contributed by atoms with Gasteiger partial charge in [0, 0.05) is 42.5 Å². The number of nitro benzene ring substituents is 1. The van der Waals surface area contributed by atoms with Crippen LogP contribution in [0.5, 0.6) is 0 Å². The number of nitro groups is 1. The van der Waals surface area contributed by atoms with E-state index in [4.69, 9.17) is 4.52 Å². The minimum atomic E-state index is -0.453. The van der Waals surface area contributed by atoms with Crippen molar-refractivity contribution in [3.05, 3.63) is 76.5 Å². The van der Waals surface area contributed by atoms with E-state index in [0.29, 0.717) is 18.8 Å². The molecule has 132 valence electrons. The van der Waals surface area contributed by atoms with Gasteiger partial charge in [0.1, 0.15) is 5.69 Å². The summed E-state index contributed by atoms with van der Waals surface area (Å²) in [6.07, 6.45) is 0. The first kappa shape index (κ1) is 17.2. The van der Waals surface area contributed by atoms with Gasteiger partial charge in [0.15, 0.2) is 0 Å². The standard InChI is InChI=1S/C18H16N4O4/c23-18(17-12-16(21-26-17)13-4-2-1-3-5-13)20-11-10-19-14-6-8-15(9-7-14)22(24)25/h1-9,12,19H,10-11H2,(H,20,23). The van der Waals surface area contributed by atoms with E-state index < -0.39 is 4.92 Å². The predicted octanol–water partition coefficient (Wildman–Crippen LogP) is 3.09. The van der Waals surface area contributed by atoms with Crippen LogP contribution in [0.3, 0.4) is 0 Å². The number of benzene rings is 2. The molecule has 2 N–H and O–H groups in total. The van der Waals surface area contributed by atoms with Gasteiger partial charge in [-0.2, -0.15) is 0 Å². The molecule has 0 radical (unpaired) electrons. The number of amides is 1. The van der Waals surface area contributed by atoms with Crippen LogP contribution in [0, 0.1) is 10.1 Å². The molecule has 3 aromatic rings. The molecule has 26 heavy (non-hydrogen) atoms. The molecule has 0 aliphatic heterocycles. The maximum atomic E-state index is 12.1. The molecule has 0 saturated carbocycles. The first-order valence-corrected chi connectivity index (χ1v) is 7.92. The Morgan fingerprint density at radius 2 is 1.81 bits per heavy atom. The Morgan fingerprint density at radius 1 is 1.08 bits per heavy atom. The largest absolute Gasteiger partial charge is 0.383 e. The van der Waals surface area contributed by atoms with Crippen molar-refractivity contribution in [3.8, 4) is 11.3 Å². The zero-order chi connectivity index (χ0) is 18.4. The van der Waals surface area contributed by atoms with E-state index in [-0.39, 0.29) is 17.4 Å². The van der Waals surface area contributed by atoms with E-state index in [1.54, 1.807) is 18.2 Å². The number of carbonyl (C=O) groups is 1. The molecule has 8 heteroatoms. The highest BCUT2D eigenvalue weighted by atomic mass is 16.6. The molecule has 0 spiro atoms. The SMILES string of the molecule is O=C(NCCNc1ccc([N+](=O)[O-])cc1)c1cc(-c2ccccc2)no1. The molecule has 1 heterocycles. The van der Waals surface area contributed by atoms with E-state index in [2.05, 4.69) is 15.8 Å². The molecule has 0 aliphatic carbocycles. The highest BCUT2D eigenvalue weighted by Crippen LogP contribution is 2.18. The molecule has 0 aliphatic rings. The third-order valence-corrected chi connectivity index (χ3v) is 3.62. The van der Waals surface area contributed by atoms with E-state index in [0.717, 1.165) is 11.3 Å². The van der Waals surface area contributed by atoms with Crippen LogP contribution in [0.1, 0.15) is 10.6 Å². The summed E-state index contributed by atoms with van der Waals surface area (Å²) in [5.41, 5.74) is 2.23. The number of non-ortho nitro benzene ring substituents is 1. The molecule has 0 atom stereocenters. The second kappa shape index (κ2) is 7.93. The quantitative estimate of drug-likeness (QED) is 0.384. The maximum Gasteiger partial charge on any atom is 0.289 e. The van der Waals surface area contributed by atoms with Crippen LogP contribution in [-0.4, -0.2) is 29.1 Å². The summed E-state index contributed by atoms with van der Waals surface area (Å²) in [5.74, 6) is -0.218. The van der Waals surface area contributed by atoms with Crippen LogP contribution in [-0.2, 0) is 0 Å². The van der Waals surface area contributed by atoms with Crippen molar-refractivity contribution >= 4 is 17.3 Å². The summed E-state index contributed by atoms with van der Waals surface area (Å²) in [7, 11) is 0. The van der Waals surface area contributed by atoms with Gasteiger partial charge in [0.25, 0.3) is 11.6 Å². The number of nitrogens with one attached hydrogen (secondary N) is 2. The van der Waals surface area contributed by atoms with Crippen LogP contribution >= 0.6 is 0 Å². The minimum Gasteiger partial charge on any atom is -0.383 e. The molecular weight excluding hydrogens is 336 g/mol. The van der Waals surface area contributed by atoms with Crippen molar-refractivity contribution in [3.63, 3.8) is 0 Å². The van der Waals surface area contributed by atoms with Crippen molar-refractivity contribution in [2.24, 2.45) is 0 Å². The average Bonchev–Trinajstić information content (AvgIpc) is 3.16. The van der Waals surface area contributed by atoms with Gasteiger partial charge in [-0.15, -0.1) is 0 Å². The fourth-order valence-electron chi connectivity index (χ4n) is 2.30. The Balaban J connectivity index is 1.47. The maximum absolute atomic E-state index is 12.1. The Hall–Kier alpha value is -3.68. The Kier molecular flexibility index (Phi) is 5.23. The number of carbonyl (C=O) groups excluding carboxylic acids is 1. The van der Waals surface area contributed by atoms with Gasteiger partial charge in [-0.3, -0.25) is 14.9 Å². The number of anilines is 1. The van der Waals surface area contributed by atoms with Gasteiger partial charge in [0.2, 0.25) is 5.76 Å². The molecule has 8 nitrogen and oxygen atoms in total. The van der Waals surface area contributed by atoms with E-state index in [9.17, 15) is 14.9 Å². The number of hydrogen-bond donors (Lipinski definition) is 2. The molecular formula is C18H16N4O4. The van der Waals surface area contributed by atoms with Gasteiger partial charge >= 0.3 is 0 Å². The number of nitrogens with zero attached hydrogens (tertiary/aromatic N) is 2. The lowest BCUT2D eigenvalue weighted by atomic mass is 10.1. The molecule has 2 aromatic carbocycles. The van der Waals surface area contributed by atoms with Crippen molar-refractivity contribution in [2.75, 3.05) is 18.4 Å². The van der Waals surface area contributed by atoms with Crippen LogP contribution in [0.4, 0.5) is 11.4 Å². The molecule has 0 fully saturated rings. The summed E-state index contributed by atoms with van der Waals surface area (Å²) in [6.45, 7) is 0.820. The van der Waals surface area contributed by atoms with E-state index in [1.165, 1.54) is 12.1 Å². The normalized spacial score (nSPS) is 10.3. The van der Waals surface area contributed by atoms with Gasteiger partial charge in [0.05, 0.1) is 4.92 Å². The Labute approximate surface area is 149 Å². The van der Waals surface area contributed by atoms with Gasteiger partial charge in [-0.05, 0) is 12.1 Å². The zero-order valence-corrected chi connectivity index (χ0v) is 13.7. The highest BCUT2D eigenvalue weighted by molar-refractivity contribution is 5.92. The van der Waals surface area contributed by atoms with E-state index >= 15 is 0 Å². The first-order valence-electron chi connectivity index (χ1n) is 7.92. The smallest absolute Gasteiger partial charge is 0.289 e. The van der Waals surface area contributed by atoms with Crippen molar-refractivity contribution in [2.45, 2.75) is 0 Å². The molecule has 0 bridgehead atoms. The summed E-state index contributed by atoms with van der Waals surface area (Å²) in [6, 6.07) is 17.1. The molecule has 1 amide bonds. The summed E-state index contributed by atoms with van der Waals surface area (Å²) < 4.78 is 5.09. The molecule has 1 aromatic heterocycles. The molecule has 0 saturated heterocycles. The topological polar surface area (TPSA) is 110 Å². The summed E-state index contributed by atoms with van der Waals surface area (Å²) in [5, 5.41) is 20.3. The van der Waals surface area contributed by atoms with Crippen LogP contribution < -0.4 is 10.6 Å². The summed E-state index contributed by atoms with van der Waals surface area (Å²) >= 11 is 0. The average molecular weight is 352 g/mol. The lowest BCUT2D eigenvalue weighted by molar-refractivity contribution is -0.384. The lowest BCUT2D eigenvalue weighted by Crippen LogP contribution is -2.28. The van der Waals surface area contributed by atoms with Gasteiger partial charge < -0.3 is 15.2 Å². The van der Waals surface area contributed by atoms with Crippen molar-refractivity contribution in [1.29, 1.82) is 0 Å². The summed E-state index contributed by atoms with van der Waals surface area (Å²) in [4.78, 5) is 22.2. The Bertz CT molecular complexity index is 891. The fraction of sp³-hybridized carbons (Fsp3) is 0.111. The van der Waals surface area contributed by atoms with Crippen LogP contribution in [0.2, 0.25) is 0 Å². The first-order chi connectivity index (χ1) is 12.6. The molecule has 0 unspecified atom stereocenters. The number of aromatic nitrogens is 1. The number of hydrogen-bond acceptors (Lipinski definition) is 6. The second-order valence-electron chi connectivity index (χ2n) is 5.43. The van der Waals surface area contributed by atoms with Gasteiger partial charge in [-0.25, -0.2) is 0 Å². The third-order valence-electron chi connectivity index (χ3n) is 3.62. The second-order valence-corrected chi connectivity index (χ2v) is 5.43. The monoisotopic (exact) mass is 352 g/mol. The van der Waals surface area contributed by atoms with Crippen LogP contribution in [0.15, 0.2) is 65.2 Å². The number of rotatable bonds is 7. The van der Waals surface area contributed by atoms with Crippen molar-refractivity contribution in [1.82, 2.24) is 10.5 Å². The lowest BCUT2D eigenvalue weighted by Gasteiger charge is -2.06. The van der Waals surface area contributed by atoms with Crippen molar-refractivity contribution < 1.29 is 14.2 Å². The zero-order valence-electron chi connectivity index (χ0n) is 13.7. The minimum absolute atomic E-state index is 0.0309. The van der Waals surface area contributed by atoms with Crippen LogP contribution in [0.25, 0.3) is 11.3 Å². The Morgan fingerprint density at radius 3 is 2.50 bits per heavy atom. The van der Waals surface area contributed by atoms with Gasteiger partial charge in [-0.1, -0.05) is 35.5 Å². The fourth-order valence-corrected chi connectivity index (χ4v) is 2.30.